The van der Waals surface area contributed by atoms with Gasteiger partial charge in [0.2, 0.25) is 0 Å². The third kappa shape index (κ3) is 6.82. The molecular formula is C17H24N2O2. The SMILES string of the molecule is CC(NC(=O)NC(C)(C)C)c1ccc(C#CCCO)cc1. The smallest absolute Gasteiger partial charge is 0.315 e. The van der Waals surface area contributed by atoms with E-state index >= 15 is 0 Å². The van der Waals surface area contributed by atoms with Gasteiger partial charge < -0.3 is 15.7 Å². The Morgan fingerprint density at radius 3 is 2.43 bits per heavy atom. The van der Waals surface area contributed by atoms with Crippen molar-refractivity contribution in [2.24, 2.45) is 0 Å². The van der Waals surface area contributed by atoms with E-state index in [1.165, 1.54) is 0 Å². The fourth-order valence-corrected chi connectivity index (χ4v) is 1.73. The summed E-state index contributed by atoms with van der Waals surface area (Å²) in [6.07, 6.45) is 0.479. The van der Waals surface area contributed by atoms with Gasteiger partial charge in [0.05, 0.1) is 12.6 Å². The highest BCUT2D eigenvalue weighted by Gasteiger charge is 2.15. The highest BCUT2D eigenvalue weighted by atomic mass is 16.2. The van der Waals surface area contributed by atoms with Gasteiger partial charge in [0.1, 0.15) is 0 Å². The van der Waals surface area contributed by atoms with Crippen LogP contribution in [0.5, 0.6) is 0 Å². The number of benzene rings is 1. The quantitative estimate of drug-likeness (QED) is 0.749. The van der Waals surface area contributed by atoms with Crippen LogP contribution >= 0.6 is 0 Å². The maximum atomic E-state index is 11.8. The molecule has 1 atom stereocenters. The molecule has 1 unspecified atom stereocenters. The van der Waals surface area contributed by atoms with Crippen molar-refractivity contribution in [1.82, 2.24) is 10.6 Å². The Hall–Kier alpha value is -1.99. The Balaban J connectivity index is 2.61. The van der Waals surface area contributed by atoms with Crippen molar-refractivity contribution in [3.63, 3.8) is 0 Å². The second kappa shape index (κ2) is 7.70. The first-order valence-electron chi connectivity index (χ1n) is 7.10. The van der Waals surface area contributed by atoms with Crippen LogP contribution in [0.15, 0.2) is 24.3 Å². The van der Waals surface area contributed by atoms with Crippen LogP contribution in [-0.2, 0) is 0 Å². The van der Waals surface area contributed by atoms with Crippen LogP contribution in [0.1, 0.15) is 51.3 Å². The molecule has 0 heterocycles. The van der Waals surface area contributed by atoms with Crippen molar-refractivity contribution in [2.45, 2.75) is 45.7 Å². The highest BCUT2D eigenvalue weighted by Crippen LogP contribution is 2.13. The number of rotatable bonds is 3. The van der Waals surface area contributed by atoms with E-state index in [1.807, 2.05) is 52.0 Å². The second-order valence-corrected chi connectivity index (χ2v) is 5.97. The molecule has 21 heavy (non-hydrogen) atoms. The first-order chi connectivity index (χ1) is 9.81. The molecule has 1 rings (SSSR count). The monoisotopic (exact) mass is 288 g/mol. The molecule has 0 radical (unpaired) electrons. The third-order valence-corrected chi connectivity index (χ3v) is 2.72. The van der Waals surface area contributed by atoms with Crippen LogP contribution in [0.3, 0.4) is 0 Å². The number of hydrogen-bond donors (Lipinski definition) is 3. The van der Waals surface area contributed by atoms with Gasteiger partial charge in [-0.25, -0.2) is 4.79 Å². The number of urea groups is 1. The van der Waals surface area contributed by atoms with Gasteiger partial charge in [0.25, 0.3) is 0 Å². The Morgan fingerprint density at radius 2 is 1.90 bits per heavy atom. The van der Waals surface area contributed by atoms with Crippen molar-refractivity contribution in [3.8, 4) is 11.8 Å². The number of nitrogens with one attached hydrogen (secondary N) is 2. The number of carbonyl (C=O) groups is 1. The van der Waals surface area contributed by atoms with Crippen molar-refractivity contribution >= 4 is 6.03 Å². The Labute approximate surface area is 127 Å². The van der Waals surface area contributed by atoms with Crippen molar-refractivity contribution in [3.05, 3.63) is 35.4 Å². The van der Waals surface area contributed by atoms with Crippen LogP contribution in [0.4, 0.5) is 4.79 Å². The van der Waals surface area contributed by atoms with Crippen molar-refractivity contribution in [1.29, 1.82) is 0 Å². The van der Waals surface area contributed by atoms with Gasteiger partial charge in [-0.2, -0.15) is 0 Å². The summed E-state index contributed by atoms with van der Waals surface area (Å²) in [7, 11) is 0. The summed E-state index contributed by atoms with van der Waals surface area (Å²) in [6, 6.07) is 7.48. The molecule has 0 fully saturated rings. The van der Waals surface area contributed by atoms with E-state index < -0.39 is 0 Å². The molecule has 1 aromatic rings. The molecular weight excluding hydrogens is 264 g/mol. The maximum Gasteiger partial charge on any atom is 0.315 e. The van der Waals surface area contributed by atoms with E-state index in [-0.39, 0.29) is 24.2 Å². The summed E-state index contributed by atoms with van der Waals surface area (Å²) in [6.45, 7) is 7.84. The minimum Gasteiger partial charge on any atom is -0.395 e. The lowest BCUT2D eigenvalue weighted by Gasteiger charge is -2.23. The van der Waals surface area contributed by atoms with Crippen LogP contribution in [-0.4, -0.2) is 23.3 Å². The third-order valence-electron chi connectivity index (χ3n) is 2.72. The summed E-state index contributed by atoms with van der Waals surface area (Å²) in [5.41, 5.74) is 1.67. The lowest BCUT2D eigenvalue weighted by molar-refractivity contribution is 0.229. The van der Waals surface area contributed by atoms with Crippen molar-refractivity contribution in [2.75, 3.05) is 6.61 Å². The number of carbonyl (C=O) groups excluding carboxylic acids is 1. The van der Waals surface area contributed by atoms with Gasteiger partial charge >= 0.3 is 6.03 Å². The van der Waals surface area contributed by atoms with Gasteiger partial charge in [-0.1, -0.05) is 24.0 Å². The standard InChI is InChI=1S/C17H24N2O2/c1-13(18-16(21)19-17(2,3)4)15-10-8-14(9-11-15)7-5-6-12-20/h8-11,13,20H,6,12H2,1-4H3,(H2,18,19,21). The van der Waals surface area contributed by atoms with Crippen LogP contribution in [0.25, 0.3) is 0 Å². The normalized spacial score (nSPS) is 12.0. The molecule has 0 aromatic heterocycles. The van der Waals surface area contributed by atoms with E-state index in [9.17, 15) is 4.79 Å². The Bertz CT molecular complexity index is 518. The van der Waals surface area contributed by atoms with Gasteiger partial charge in [-0.3, -0.25) is 0 Å². The lowest BCUT2D eigenvalue weighted by atomic mass is 10.1. The fourth-order valence-electron chi connectivity index (χ4n) is 1.73. The zero-order chi connectivity index (χ0) is 15.9. The van der Waals surface area contributed by atoms with Crippen LogP contribution in [0, 0.1) is 11.8 Å². The van der Waals surface area contributed by atoms with E-state index in [0.29, 0.717) is 6.42 Å². The molecule has 4 heteroatoms. The van der Waals surface area contributed by atoms with Gasteiger partial charge in [-0.15, -0.1) is 0 Å². The predicted molar refractivity (Wildman–Crippen MR) is 84.9 cm³/mol. The predicted octanol–water partition coefficient (Wildman–Crippen LogP) is 2.58. The Kier molecular flexibility index (Phi) is 6.26. The van der Waals surface area contributed by atoms with Crippen LogP contribution in [0.2, 0.25) is 0 Å². The summed E-state index contributed by atoms with van der Waals surface area (Å²) < 4.78 is 0. The number of aliphatic hydroxyl groups is 1. The zero-order valence-corrected chi connectivity index (χ0v) is 13.2. The van der Waals surface area contributed by atoms with Gasteiger partial charge in [0.15, 0.2) is 0 Å². The second-order valence-electron chi connectivity index (χ2n) is 5.97. The molecule has 0 aliphatic rings. The number of hydrogen-bond acceptors (Lipinski definition) is 2. The summed E-state index contributed by atoms with van der Waals surface area (Å²) in [5, 5.41) is 14.5. The molecule has 1 aromatic carbocycles. The van der Waals surface area contributed by atoms with Gasteiger partial charge in [-0.05, 0) is 45.4 Å². The van der Waals surface area contributed by atoms with E-state index in [2.05, 4.69) is 22.5 Å². The topological polar surface area (TPSA) is 61.4 Å². The molecule has 114 valence electrons. The lowest BCUT2D eigenvalue weighted by Crippen LogP contribution is -2.47. The summed E-state index contributed by atoms with van der Waals surface area (Å²) >= 11 is 0. The minimum atomic E-state index is -0.254. The van der Waals surface area contributed by atoms with Crippen LogP contribution < -0.4 is 10.6 Å². The largest absolute Gasteiger partial charge is 0.395 e. The molecule has 0 saturated heterocycles. The average Bonchev–Trinajstić information content (AvgIpc) is 2.37. The minimum absolute atomic E-state index is 0.0770. The highest BCUT2D eigenvalue weighted by molar-refractivity contribution is 5.75. The first kappa shape index (κ1) is 17.1. The summed E-state index contributed by atoms with van der Waals surface area (Å²) in [4.78, 5) is 11.8. The first-order valence-corrected chi connectivity index (χ1v) is 7.10. The van der Waals surface area contributed by atoms with E-state index in [1.54, 1.807) is 0 Å². The molecule has 3 N–H and O–H groups in total. The molecule has 0 saturated carbocycles. The van der Waals surface area contributed by atoms with E-state index in [4.69, 9.17) is 5.11 Å². The zero-order valence-electron chi connectivity index (χ0n) is 13.2. The molecule has 0 aliphatic heterocycles. The summed E-state index contributed by atoms with van der Waals surface area (Å²) in [5.74, 6) is 5.85. The van der Waals surface area contributed by atoms with Crippen molar-refractivity contribution < 1.29 is 9.90 Å². The fraction of sp³-hybridized carbons (Fsp3) is 0.471. The average molecular weight is 288 g/mol. The van der Waals surface area contributed by atoms with E-state index in [0.717, 1.165) is 11.1 Å². The molecule has 0 bridgehead atoms. The number of amides is 2. The molecule has 4 nitrogen and oxygen atoms in total. The molecule has 2 amide bonds. The van der Waals surface area contributed by atoms with Gasteiger partial charge in [0, 0.05) is 17.5 Å². The number of aliphatic hydroxyl groups excluding tert-OH is 1. The molecule has 0 spiro atoms. The maximum absolute atomic E-state index is 11.8. The Morgan fingerprint density at radius 1 is 1.29 bits per heavy atom. The molecule has 0 aliphatic carbocycles.